The quantitative estimate of drug-likeness (QED) is 0.501. The molecule has 0 unspecified atom stereocenters. The van der Waals surface area contributed by atoms with E-state index in [9.17, 15) is 9.59 Å². The summed E-state index contributed by atoms with van der Waals surface area (Å²) in [6, 6.07) is 14.0. The SMILES string of the molecule is Cc1ccc(OCCOC(=O)[C@@H](NC(=O)c2ccccc2Br)C(C)C)cc1. The van der Waals surface area contributed by atoms with Crippen molar-refractivity contribution >= 4 is 27.8 Å². The van der Waals surface area contributed by atoms with E-state index in [2.05, 4.69) is 21.2 Å². The highest BCUT2D eigenvalue weighted by atomic mass is 79.9. The van der Waals surface area contributed by atoms with Crippen molar-refractivity contribution in [2.75, 3.05) is 13.2 Å². The van der Waals surface area contributed by atoms with Crippen LogP contribution in [0.25, 0.3) is 0 Å². The molecule has 0 aliphatic carbocycles. The van der Waals surface area contributed by atoms with E-state index < -0.39 is 12.0 Å². The number of esters is 1. The van der Waals surface area contributed by atoms with E-state index in [0.717, 1.165) is 11.3 Å². The van der Waals surface area contributed by atoms with Crippen molar-refractivity contribution in [1.82, 2.24) is 5.32 Å². The lowest BCUT2D eigenvalue weighted by Crippen LogP contribution is -2.45. The van der Waals surface area contributed by atoms with Gasteiger partial charge in [-0.15, -0.1) is 0 Å². The van der Waals surface area contributed by atoms with Gasteiger partial charge >= 0.3 is 5.97 Å². The number of carbonyl (C=O) groups excluding carboxylic acids is 2. The number of hydrogen-bond donors (Lipinski definition) is 1. The average molecular weight is 434 g/mol. The number of aryl methyl sites for hydroxylation is 1. The van der Waals surface area contributed by atoms with Gasteiger partial charge in [-0.05, 0) is 53.0 Å². The summed E-state index contributed by atoms with van der Waals surface area (Å²) in [6.07, 6.45) is 0. The first-order valence-electron chi connectivity index (χ1n) is 8.80. The number of nitrogens with one attached hydrogen (secondary N) is 1. The molecule has 0 saturated carbocycles. The lowest BCUT2D eigenvalue weighted by Gasteiger charge is -2.21. The zero-order chi connectivity index (χ0) is 19.8. The Labute approximate surface area is 168 Å². The molecule has 1 atom stereocenters. The molecule has 2 aromatic carbocycles. The summed E-state index contributed by atoms with van der Waals surface area (Å²) in [6.45, 7) is 6.07. The van der Waals surface area contributed by atoms with Gasteiger partial charge in [-0.2, -0.15) is 0 Å². The highest BCUT2D eigenvalue weighted by Crippen LogP contribution is 2.16. The van der Waals surface area contributed by atoms with Crippen molar-refractivity contribution in [3.8, 4) is 5.75 Å². The number of rotatable bonds is 8. The van der Waals surface area contributed by atoms with Crippen LogP contribution in [0.5, 0.6) is 5.75 Å². The summed E-state index contributed by atoms with van der Waals surface area (Å²) in [5, 5.41) is 2.75. The number of hydrogen-bond acceptors (Lipinski definition) is 4. The fraction of sp³-hybridized carbons (Fsp3) is 0.333. The molecule has 0 aromatic heterocycles. The summed E-state index contributed by atoms with van der Waals surface area (Å²) in [7, 11) is 0. The van der Waals surface area contributed by atoms with Crippen LogP contribution in [0.1, 0.15) is 29.8 Å². The molecule has 2 rings (SSSR count). The molecule has 1 N–H and O–H groups in total. The maximum Gasteiger partial charge on any atom is 0.329 e. The average Bonchev–Trinajstić information content (AvgIpc) is 2.64. The Morgan fingerprint density at radius 3 is 2.33 bits per heavy atom. The van der Waals surface area contributed by atoms with Crippen molar-refractivity contribution < 1.29 is 19.1 Å². The number of ether oxygens (including phenoxy) is 2. The molecule has 0 radical (unpaired) electrons. The number of benzene rings is 2. The summed E-state index contributed by atoms with van der Waals surface area (Å²) in [5.41, 5.74) is 1.62. The van der Waals surface area contributed by atoms with Crippen molar-refractivity contribution in [1.29, 1.82) is 0 Å². The molecular formula is C21H24BrNO4. The molecule has 2 aromatic rings. The molecule has 0 saturated heterocycles. The predicted molar refractivity (Wildman–Crippen MR) is 108 cm³/mol. The second-order valence-corrected chi connectivity index (χ2v) is 7.36. The molecule has 6 heteroatoms. The third kappa shape index (κ3) is 6.40. The molecule has 0 aliphatic heterocycles. The van der Waals surface area contributed by atoms with Crippen LogP contribution in [0.3, 0.4) is 0 Å². The van der Waals surface area contributed by atoms with E-state index in [4.69, 9.17) is 9.47 Å². The smallest absolute Gasteiger partial charge is 0.329 e. The van der Waals surface area contributed by atoms with Crippen LogP contribution in [0, 0.1) is 12.8 Å². The fourth-order valence-corrected chi connectivity index (χ4v) is 2.85. The summed E-state index contributed by atoms with van der Waals surface area (Å²) >= 11 is 3.35. The predicted octanol–water partition coefficient (Wildman–Crippen LogP) is 4.13. The van der Waals surface area contributed by atoms with Gasteiger partial charge in [0.05, 0.1) is 5.56 Å². The Bertz CT molecular complexity index is 774. The van der Waals surface area contributed by atoms with Crippen LogP contribution in [-0.4, -0.2) is 31.1 Å². The van der Waals surface area contributed by atoms with E-state index in [-0.39, 0.29) is 25.0 Å². The lowest BCUT2D eigenvalue weighted by molar-refractivity contribution is -0.147. The second kappa shape index (κ2) is 10.1. The van der Waals surface area contributed by atoms with E-state index in [1.807, 2.05) is 51.1 Å². The van der Waals surface area contributed by atoms with E-state index in [1.54, 1.807) is 18.2 Å². The van der Waals surface area contributed by atoms with Crippen LogP contribution in [0.15, 0.2) is 53.0 Å². The van der Waals surface area contributed by atoms with Crippen molar-refractivity contribution in [2.24, 2.45) is 5.92 Å². The van der Waals surface area contributed by atoms with Gasteiger partial charge in [0.25, 0.3) is 5.91 Å². The van der Waals surface area contributed by atoms with E-state index >= 15 is 0 Å². The van der Waals surface area contributed by atoms with Crippen molar-refractivity contribution in [2.45, 2.75) is 26.8 Å². The highest BCUT2D eigenvalue weighted by molar-refractivity contribution is 9.10. The molecule has 5 nitrogen and oxygen atoms in total. The third-order valence-corrected chi connectivity index (χ3v) is 4.63. The first-order valence-corrected chi connectivity index (χ1v) is 9.59. The Kier molecular flexibility index (Phi) is 7.85. The van der Waals surface area contributed by atoms with Crippen LogP contribution >= 0.6 is 15.9 Å². The van der Waals surface area contributed by atoms with Gasteiger partial charge in [0.15, 0.2) is 0 Å². The lowest BCUT2D eigenvalue weighted by atomic mass is 10.0. The maximum absolute atomic E-state index is 12.5. The standard InChI is InChI=1S/C21H24BrNO4/c1-14(2)19(23-20(24)17-6-4-5-7-18(17)22)21(25)27-13-12-26-16-10-8-15(3)9-11-16/h4-11,14,19H,12-13H2,1-3H3,(H,23,24)/t19-/m0/s1. The van der Waals surface area contributed by atoms with Crippen molar-refractivity contribution in [3.05, 3.63) is 64.1 Å². The molecular weight excluding hydrogens is 410 g/mol. The molecule has 0 spiro atoms. The molecule has 144 valence electrons. The van der Waals surface area contributed by atoms with Crippen LogP contribution in [-0.2, 0) is 9.53 Å². The Balaban J connectivity index is 1.86. The van der Waals surface area contributed by atoms with Crippen LogP contribution in [0.2, 0.25) is 0 Å². The fourth-order valence-electron chi connectivity index (χ4n) is 2.39. The van der Waals surface area contributed by atoms with Gasteiger partial charge in [0.1, 0.15) is 25.0 Å². The molecule has 0 aliphatic rings. The maximum atomic E-state index is 12.5. The Morgan fingerprint density at radius 2 is 1.70 bits per heavy atom. The molecule has 27 heavy (non-hydrogen) atoms. The largest absolute Gasteiger partial charge is 0.490 e. The van der Waals surface area contributed by atoms with Gasteiger partial charge in [0, 0.05) is 4.47 Å². The first-order chi connectivity index (χ1) is 12.9. The Hall–Kier alpha value is -2.34. The monoisotopic (exact) mass is 433 g/mol. The number of amides is 1. The van der Waals surface area contributed by atoms with Crippen LogP contribution < -0.4 is 10.1 Å². The molecule has 0 bridgehead atoms. The minimum Gasteiger partial charge on any atom is -0.490 e. The Morgan fingerprint density at radius 1 is 1.04 bits per heavy atom. The van der Waals surface area contributed by atoms with Gasteiger partial charge in [-0.3, -0.25) is 4.79 Å². The van der Waals surface area contributed by atoms with Gasteiger partial charge in [-0.25, -0.2) is 4.79 Å². The van der Waals surface area contributed by atoms with Crippen LogP contribution in [0.4, 0.5) is 0 Å². The van der Waals surface area contributed by atoms with Crippen molar-refractivity contribution in [3.63, 3.8) is 0 Å². The topological polar surface area (TPSA) is 64.6 Å². The van der Waals surface area contributed by atoms with Gasteiger partial charge < -0.3 is 14.8 Å². The zero-order valence-electron chi connectivity index (χ0n) is 15.7. The highest BCUT2D eigenvalue weighted by Gasteiger charge is 2.26. The summed E-state index contributed by atoms with van der Waals surface area (Å²) in [5.74, 6) is -0.187. The third-order valence-electron chi connectivity index (χ3n) is 3.94. The molecule has 0 fully saturated rings. The normalized spacial score (nSPS) is 11.7. The van der Waals surface area contributed by atoms with Gasteiger partial charge in [0.2, 0.25) is 0 Å². The molecule has 0 heterocycles. The summed E-state index contributed by atoms with van der Waals surface area (Å²) in [4.78, 5) is 24.8. The van der Waals surface area contributed by atoms with E-state index in [0.29, 0.717) is 10.0 Å². The molecule has 1 amide bonds. The zero-order valence-corrected chi connectivity index (χ0v) is 17.3. The van der Waals surface area contributed by atoms with Gasteiger partial charge in [-0.1, -0.05) is 43.7 Å². The second-order valence-electron chi connectivity index (χ2n) is 6.50. The number of carbonyl (C=O) groups is 2. The minimum absolute atomic E-state index is 0.109. The minimum atomic E-state index is -0.732. The van der Waals surface area contributed by atoms with E-state index in [1.165, 1.54) is 0 Å². The number of halogens is 1. The summed E-state index contributed by atoms with van der Waals surface area (Å²) < 4.78 is 11.5. The first kappa shape index (κ1) is 21.0.